The molecule has 0 unspecified atom stereocenters. The molecule has 3 aromatic carbocycles. The second-order valence-corrected chi connectivity index (χ2v) is 36.1. The van der Waals surface area contributed by atoms with Crippen LogP contribution in [0.25, 0.3) is 21.8 Å². The van der Waals surface area contributed by atoms with Crippen molar-refractivity contribution in [1.82, 2.24) is 108 Å². The number of ketones is 1. The summed E-state index contributed by atoms with van der Waals surface area (Å²) in [4.78, 5) is 277. The fraction of sp³-hybridized carbons (Fsp3) is 0.505. The number of nitrogens with zero attached hydrogens (tertiary/aromatic N) is 7. The maximum absolute atomic E-state index is 16.0. The molecule has 136 heavy (non-hydrogen) atoms. The monoisotopic (exact) mass is 1900 g/mol. The van der Waals surface area contributed by atoms with E-state index in [1.165, 1.54) is 70.0 Å². The van der Waals surface area contributed by atoms with Crippen molar-refractivity contribution in [2.24, 2.45) is 29.0 Å². The number of thioether (sulfide) groups is 1. The molecule has 4 aromatic heterocycles. The van der Waals surface area contributed by atoms with Gasteiger partial charge >= 0.3 is 0 Å². The van der Waals surface area contributed by atoms with Gasteiger partial charge in [-0.05, 0) is 93.0 Å². The summed E-state index contributed by atoms with van der Waals surface area (Å²) >= 11 is 0.803. The van der Waals surface area contributed by atoms with Crippen LogP contribution in [0.4, 0.5) is 0 Å². The number of carbonyl (C=O) groups excluding carboxylic acids is 17. The number of guanidine groups is 1. The molecular formula is C93H129N25O17S. The van der Waals surface area contributed by atoms with Gasteiger partial charge in [-0.2, -0.15) is 0 Å². The molecular weight excluding hydrogens is 1770 g/mol. The number of aromatic amines is 4. The van der Waals surface area contributed by atoms with Crippen LogP contribution in [0.15, 0.2) is 116 Å². The first-order valence-electron chi connectivity index (χ1n) is 45.8. The van der Waals surface area contributed by atoms with Crippen LogP contribution < -0.4 is 70.4 Å². The Bertz CT molecular complexity index is 5340. The van der Waals surface area contributed by atoms with E-state index in [9.17, 15) is 47.9 Å². The number of unbranched alkanes of at least 4 members (excludes halogenated alkanes) is 2. The Morgan fingerprint density at radius 3 is 1.64 bits per heavy atom. The maximum Gasteiger partial charge on any atom is 0.246 e. The quantitative estimate of drug-likeness (QED) is 0.0182. The number of hydrogen-bond donors (Lipinski definition) is 18. The molecule has 0 saturated carbocycles. The molecule has 0 aliphatic carbocycles. The number of H-pyrrole nitrogens is 4. The van der Waals surface area contributed by atoms with Crippen molar-refractivity contribution < 1.29 is 81.5 Å². The second kappa shape index (κ2) is 51.4. The molecule has 13 atom stereocenters. The summed E-state index contributed by atoms with van der Waals surface area (Å²) < 4.78 is 0. The minimum absolute atomic E-state index is 0.00439. The van der Waals surface area contributed by atoms with E-state index in [4.69, 9.17) is 22.6 Å². The molecule has 21 N–H and O–H groups in total. The van der Waals surface area contributed by atoms with Gasteiger partial charge < -0.3 is 115 Å². The Kier molecular flexibility index (Phi) is 40.0. The number of nitrogens with two attached hydrogens (primary N) is 3. The molecule has 16 amide bonds. The molecule has 43 heteroatoms. The fourth-order valence-corrected chi connectivity index (χ4v) is 17.5. The normalized spacial score (nSPS) is 23.2. The van der Waals surface area contributed by atoms with Crippen molar-refractivity contribution in [1.29, 1.82) is 5.41 Å². The van der Waals surface area contributed by atoms with Crippen molar-refractivity contribution >= 4 is 140 Å². The van der Waals surface area contributed by atoms with Crippen LogP contribution in [0.3, 0.4) is 0 Å². The first-order chi connectivity index (χ1) is 64.9. The summed E-state index contributed by atoms with van der Waals surface area (Å²) in [5, 5.41) is 36.4. The Labute approximate surface area is 792 Å². The fourth-order valence-electron chi connectivity index (χ4n) is 16.7. The van der Waals surface area contributed by atoms with E-state index in [-0.39, 0.29) is 96.1 Å². The van der Waals surface area contributed by atoms with Gasteiger partial charge in [0.2, 0.25) is 94.5 Å². The second-order valence-electron chi connectivity index (χ2n) is 35.1. The van der Waals surface area contributed by atoms with Gasteiger partial charge in [-0.3, -0.25) is 86.9 Å². The predicted octanol–water partition coefficient (Wildman–Crippen LogP) is -0.0737. The first kappa shape index (κ1) is 106. The maximum atomic E-state index is 16.0. The van der Waals surface area contributed by atoms with Crippen LogP contribution in [-0.2, 0) is 114 Å². The Balaban J connectivity index is 1.10. The van der Waals surface area contributed by atoms with E-state index in [1.54, 1.807) is 68.7 Å². The average Bonchev–Trinajstić information content (AvgIpc) is 1.55. The smallest absolute Gasteiger partial charge is 0.246 e. The van der Waals surface area contributed by atoms with E-state index < -0.39 is 222 Å². The lowest BCUT2D eigenvalue weighted by Crippen LogP contribution is -2.60. The molecule has 0 spiro atoms. The summed E-state index contributed by atoms with van der Waals surface area (Å²) in [5.74, 6) is -17.4. The molecule has 2 aliphatic heterocycles. The van der Waals surface area contributed by atoms with E-state index in [0.29, 0.717) is 75.6 Å². The largest absolute Gasteiger partial charge is 0.370 e. The molecule has 7 aromatic rings. The van der Waals surface area contributed by atoms with Crippen LogP contribution in [0.2, 0.25) is 0 Å². The average molecular weight is 1900 g/mol. The summed E-state index contributed by atoms with van der Waals surface area (Å²) in [7, 11) is 5.40. The molecule has 42 nitrogen and oxygen atoms in total. The minimum atomic E-state index is -1.74. The van der Waals surface area contributed by atoms with Gasteiger partial charge in [0.25, 0.3) is 0 Å². The van der Waals surface area contributed by atoms with E-state index in [1.807, 2.05) is 50.2 Å². The molecule has 734 valence electrons. The lowest BCUT2D eigenvalue weighted by molar-refractivity contribution is -0.149. The summed E-state index contributed by atoms with van der Waals surface area (Å²) in [5.41, 5.74) is 20.7. The Hall–Kier alpha value is -14.0. The summed E-state index contributed by atoms with van der Waals surface area (Å²) in [6, 6.07) is 5.33. The number of amides is 16. The van der Waals surface area contributed by atoms with Crippen LogP contribution in [-0.4, -0.2) is 299 Å². The predicted molar refractivity (Wildman–Crippen MR) is 506 cm³/mol. The van der Waals surface area contributed by atoms with Crippen molar-refractivity contribution in [3.63, 3.8) is 0 Å². The van der Waals surface area contributed by atoms with Crippen molar-refractivity contribution in [2.45, 2.75) is 223 Å². The van der Waals surface area contributed by atoms with Gasteiger partial charge in [-0.1, -0.05) is 120 Å². The molecule has 2 saturated heterocycles. The number of Topliss-reactive ketones (excluding diaryl/α,β-unsaturated/α-hetero) is 1. The Morgan fingerprint density at radius 2 is 1.06 bits per heavy atom. The number of likely N-dealkylation sites (N-methyl/N-ethyl adjacent to an activating group) is 4. The van der Waals surface area contributed by atoms with Gasteiger partial charge in [0.1, 0.15) is 72.5 Å². The number of primary amides is 2. The zero-order valence-electron chi connectivity index (χ0n) is 78.2. The van der Waals surface area contributed by atoms with Crippen molar-refractivity contribution in [2.75, 3.05) is 65.9 Å². The number of imidazole rings is 2. The number of fused-ring (bicyclic) bond motifs is 3. The Morgan fingerprint density at radius 1 is 0.522 bits per heavy atom. The molecule has 0 radical (unpaired) electrons. The number of nitrogens with one attached hydrogen (secondary N) is 15. The summed E-state index contributed by atoms with van der Waals surface area (Å²) in [6.07, 6.45) is 8.58. The standard InChI is InChI=1S/C93H129N25O17S/c1-10-12-30-74-86(129)107-66(29-21-33-100-93(96)97)83(126)113-73(82(125)103-47-78(95)121)49-136-50-79(122)106-70(36-55-23-15-14-16-24-55)89(132)115(7)54(5)80(123)110-72(42-77(94)120)91(134)118-34-22-32-75(118)87(130)109-68(41-60-46-99-52-105-60)85(128)111-69(35-53(3)4)88(131)114(6)48-61(119)38-56(37-57-43-101-64-27-19-17-25-62(57)64)81(124)108-67(40-59-45-98-51-104-59)84(127)112-71(39-58-44-102-65-28-20-18-26-63(58)65)90(133)117(9)76(31-13-11-2)92(135)116(74)8/h14-20,23-28,43-46,51-54,56,66-76,101-102H,10-13,21-22,29-42,47-50H2,1-9H3,(H2,94,120)(H2,95,121)(H,98,104)(H,99,105)(H,103,125)(H,106,122)(H,107,129)(H,108,124)(H,109,130)(H,110,123)(H,111,128)(H,112,127)(H,113,126)(H4,96,97,100)/t54-,56+,66-,67-,68-,69-,70-,71-,72-,73-,74-,75-,76-/m0/s1. The third kappa shape index (κ3) is 30.5. The highest BCUT2D eigenvalue weighted by Crippen LogP contribution is 2.28. The number of aromatic nitrogens is 6. The number of rotatable bonds is 27. The molecule has 2 fully saturated rings. The van der Waals surface area contributed by atoms with Crippen LogP contribution in [0.1, 0.15) is 146 Å². The van der Waals surface area contributed by atoms with Crippen LogP contribution in [0, 0.1) is 17.2 Å². The lowest BCUT2D eigenvalue weighted by Gasteiger charge is -2.36. The zero-order valence-corrected chi connectivity index (χ0v) is 79.1. The van der Waals surface area contributed by atoms with Gasteiger partial charge in [0.05, 0.1) is 37.9 Å². The SMILES string of the molecule is CCCC[C@H]1C(=O)N(C)[C@@H](CCCC)C(=O)N[C@@H](CCCNC(=N)N)C(=O)N[C@H](C(=O)NCC(N)=O)CSCC(=O)N[C@@H](Cc2ccccc2)C(=O)N(C)[C@@H](C)C(=O)N[C@@H](CC(N)=O)C(=O)N2CCC[C@H]2C(=O)N[C@@H](Cc2cnc[nH]2)C(=O)N[C@@H](CC(C)C)C(=O)N(C)CC(=O)C[C@@H](Cc2c[nH]c3ccccc23)C(=O)N[C@@H](Cc2cnc[nH]2)C(=O)N[C@@H](Cc2c[nH]c3ccccc23)C(=O)N1C. The molecule has 9 rings (SSSR count). The van der Waals surface area contributed by atoms with Crippen molar-refractivity contribution in [3.8, 4) is 0 Å². The highest BCUT2D eigenvalue weighted by molar-refractivity contribution is 8.00. The number of para-hydroxylation sites is 2. The number of hydrogen-bond acceptors (Lipinski definition) is 21. The number of benzene rings is 3. The van der Waals surface area contributed by atoms with Crippen LogP contribution >= 0.6 is 11.8 Å². The van der Waals surface area contributed by atoms with E-state index >= 15 is 33.6 Å². The van der Waals surface area contributed by atoms with Gasteiger partial charge in [0.15, 0.2) is 11.7 Å². The highest BCUT2D eigenvalue weighted by Gasteiger charge is 2.44. The zero-order chi connectivity index (χ0) is 99.0. The van der Waals surface area contributed by atoms with Crippen LogP contribution in [0.5, 0.6) is 0 Å². The first-order valence-corrected chi connectivity index (χ1v) is 47.0. The number of carbonyl (C=O) groups is 17. The highest BCUT2D eigenvalue weighted by atomic mass is 32.2. The topological polar surface area (TPSA) is 618 Å². The molecule has 0 bridgehead atoms. The van der Waals surface area contributed by atoms with Gasteiger partial charge in [0, 0.05) is 143 Å². The van der Waals surface area contributed by atoms with E-state index in [0.717, 1.165) is 26.5 Å². The molecule has 6 heterocycles. The van der Waals surface area contributed by atoms with Gasteiger partial charge in [-0.25, -0.2) is 9.97 Å². The molecule has 2 aliphatic rings. The minimum Gasteiger partial charge on any atom is -0.370 e. The third-order valence-corrected chi connectivity index (χ3v) is 25.2. The third-order valence-electron chi connectivity index (χ3n) is 24.2. The summed E-state index contributed by atoms with van der Waals surface area (Å²) in [6.45, 7) is 7.25. The van der Waals surface area contributed by atoms with Gasteiger partial charge in [-0.15, -0.1) is 11.8 Å². The van der Waals surface area contributed by atoms with E-state index in [2.05, 4.69) is 83.1 Å². The lowest BCUT2D eigenvalue weighted by atomic mass is 9.92. The van der Waals surface area contributed by atoms with Crippen molar-refractivity contribution in [3.05, 3.63) is 144 Å².